The van der Waals surface area contributed by atoms with Gasteiger partial charge in [0.15, 0.2) is 0 Å². The lowest BCUT2D eigenvalue weighted by Crippen LogP contribution is -2.59. The molecule has 0 aromatic heterocycles. The van der Waals surface area contributed by atoms with Crippen molar-refractivity contribution in [2.24, 2.45) is 5.92 Å². The lowest BCUT2D eigenvalue weighted by Gasteiger charge is -2.37. The molecule has 44 heavy (non-hydrogen) atoms. The number of amides is 4. The molecule has 9 nitrogen and oxygen atoms in total. The van der Waals surface area contributed by atoms with E-state index in [1.54, 1.807) is 50.3 Å². The molecule has 3 N–H and O–H groups in total. The number of nitrogens with zero attached hydrogens (tertiary/aromatic N) is 2. The molecule has 1 heterocycles. The number of carbonyl (C=O) groups excluding carboxylic acids is 4. The summed E-state index contributed by atoms with van der Waals surface area (Å²) in [5.74, 6) is -1.28. The SMILES string of the molecule is CN[C@@H](C)C(=O)N[C@H](C(=O)N[C@@H](C)C(=O)N1C=CN(CCc2ccccc2)C(=O)[C@@H]1Cc1cccc(Cl)c1)C1CCCCC1. The van der Waals surface area contributed by atoms with E-state index in [0.29, 0.717) is 18.0 Å². The van der Waals surface area contributed by atoms with E-state index in [1.807, 2.05) is 42.5 Å². The van der Waals surface area contributed by atoms with Crippen molar-refractivity contribution in [3.05, 3.63) is 83.1 Å². The van der Waals surface area contributed by atoms with Gasteiger partial charge < -0.3 is 25.8 Å². The van der Waals surface area contributed by atoms with E-state index < -0.39 is 36.0 Å². The van der Waals surface area contributed by atoms with E-state index in [4.69, 9.17) is 11.6 Å². The highest BCUT2D eigenvalue weighted by molar-refractivity contribution is 6.30. The third kappa shape index (κ3) is 8.70. The Balaban J connectivity index is 1.51. The minimum atomic E-state index is -0.928. The van der Waals surface area contributed by atoms with Gasteiger partial charge in [0.2, 0.25) is 23.6 Å². The zero-order valence-corrected chi connectivity index (χ0v) is 26.6. The molecule has 0 unspecified atom stereocenters. The molecule has 2 aromatic rings. The summed E-state index contributed by atoms with van der Waals surface area (Å²) in [5, 5.41) is 9.24. The predicted molar refractivity (Wildman–Crippen MR) is 171 cm³/mol. The zero-order valence-electron chi connectivity index (χ0n) is 25.8. The molecule has 1 saturated carbocycles. The van der Waals surface area contributed by atoms with Crippen LogP contribution in [0, 0.1) is 5.92 Å². The van der Waals surface area contributed by atoms with Crippen LogP contribution >= 0.6 is 11.6 Å². The van der Waals surface area contributed by atoms with Crippen LogP contribution in [0.4, 0.5) is 0 Å². The van der Waals surface area contributed by atoms with Crippen molar-refractivity contribution < 1.29 is 19.2 Å². The molecule has 0 bridgehead atoms. The molecule has 0 spiro atoms. The van der Waals surface area contributed by atoms with Gasteiger partial charge in [-0.25, -0.2) is 0 Å². The molecular formula is C34H44ClN5O4. The molecule has 0 radical (unpaired) electrons. The number of rotatable bonds is 12. The summed E-state index contributed by atoms with van der Waals surface area (Å²) in [7, 11) is 1.69. The maximum absolute atomic E-state index is 13.9. The molecule has 1 aliphatic carbocycles. The number of halogens is 1. The molecule has 4 rings (SSSR count). The summed E-state index contributed by atoms with van der Waals surface area (Å²) in [6.45, 7) is 3.82. The Kier molecular flexibility index (Phi) is 12.0. The predicted octanol–water partition coefficient (Wildman–Crippen LogP) is 3.81. The first-order valence-corrected chi connectivity index (χ1v) is 15.9. The molecule has 236 valence electrons. The molecule has 4 amide bonds. The van der Waals surface area contributed by atoms with E-state index in [9.17, 15) is 19.2 Å². The summed E-state index contributed by atoms with van der Waals surface area (Å²) in [6, 6.07) is 14.2. The van der Waals surface area contributed by atoms with Crippen LogP contribution in [0.1, 0.15) is 57.1 Å². The first kappa shape index (κ1) is 33.2. The van der Waals surface area contributed by atoms with Gasteiger partial charge in [-0.15, -0.1) is 0 Å². The van der Waals surface area contributed by atoms with Crippen molar-refractivity contribution in [2.75, 3.05) is 13.6 Å². The van der Waals surface area contributed by atoms with Gasteiger partial charge in [-0.1, -0.05) is 73.3 Å². The average Bonchev–Trinajstić information content (AvgIpc) is 3.04. The van der Waals surface area contributed by atoms with Crippen LogP contribution in [0.15, 0.2) is 67.0 Å². The molecule has 0 saturated heterocycles. The van der Waals surface area contributed by atoms with E-state index in [2.05, 4.69) is 16.0 Å². The standard InChI is InChI=1S/C34H44ClN5O4/c1-23(36-3)31(41)38-30(27-14-8-5-9-15-27)32(42)37-24(2)33(43)40-20-19-39(18-17-25-11-6-4-7-12-25)34(44)29(40)22-26-13-10-16-28(35)21-26/h4,6-7,10-13,16,19-21,23-24,27,29-30,36H,5,8-9,14-15,17-18,22H2,1-3H3,(H,37,42)(H,38,41)/t23-,24-,29-,30-/m0/s1. The van der Waals surface area contributed by atoms with Gasteiger partial charge >= 0.3 is 0 Å². The van der Waals surface area contributed by atoms with Gasteiger partial charge in [-0.3, -0.25) is 19.2 Å². The number of carbonyl (C=O) groups is 4. The zero-order chi connectivity index (χ0) is 31.6. The molecule has 2 aromatic carbocycles. The quantitative estimate of drug-likeness (QED) is 0.334. The van der Waals surface area contributed by atoms with Gasteiger partial charge in [0.25, 0.3) is 0 Å². The molecule has 4 atom stereocenters. The summed E-state index contributed by atoms with van der Waals surface area (Å²) < 4.78 is 0. The number of nitrogens with one attached hydrogen (secondary N) is 3. The Morgan fingerprint density at radius 3 is 2.27 bits per heavy atom. The van der Waals surface area contributed by atoms with Crippen molar-refractivity contribution in [1.82, 2.24) is 25.8 Å². The van der Waals surface area contributed by atoms with Gasteiger partial charge in [0, 0.05) is 30.4 Å². The lowest BCUT2D eigenvalue weighted by molar-refractivity contribution is -0.145. The van der Waals surface area contributed by atoms with Crippen LogP contribution < -0.4 is 16.0 Å². The fourth-order valence-electron chi connectivity index (χ4n) is 5.88. The molecule has 2 aliphatic rings. The number of benzene rings is 2. The Morgan fingerprint density at radius 2 is 1.59 bits per heavy atom. The maximum Gasteiger partial charge on any atom is 0.250 e. The topological polar surface area (TPSA) is 111 Å². The van der Waals surface area contributed by atoms with Crippen LogP contribution in [0.5, 0.6) is 0 Å². The van der Waals surface area contributed by atoms with Crippen LogP contribution in [0.3, 0.4) is 0 Å². The highest BCUT2D eigenvalue weighted by Crippen LogP contribution is 2.27. The van der Waals surface area contributed by atoms with Crippen molar-refractivity contribution in [2.45, 2.75) is 83.0 Å². The average molecular weight is 622 g/mol. The number of hydrogen-bond donors (Lipinski definition) is 3. The maximum atomic E-state index is 13.9. The lowest BCUT2D eigenvalue weighted by atomic mass is 9.83. The molecule has 1 fully saturated rings. The van der Waals surface area contributed by atoms with Crippen LogP contribution in [-0.2, 0) is 32.0 Å². The fourth-order valence-corrected chi connectivity index (χ4v) is 6.09. The summed E-state index contributed by atoms with van der Waals surface area (Å²) in [4.78, 5) is 57.1. The highest BCUT2D eigenvalue weighted by Gasteiger charge is 2.38. The summed E-state index contributed by atoms with van der Waals surface area (Å²) in [6.07, 6.45) is 8.95. The van der Waals surface area contributed by atoms with Crippen LogP contribution in [-0.4, -0.2) is 71.2 Å². The second-order valence-electron chi connectivity index (χ2n) is 11.8. The monoisotopic (exact) mass is 621 g/mol. The number of likely N-dealkylation sites (N-methyl/N-ethyl adjacent to an activating group) is 1. The Morgan fingerprint density at radius 1 is 0.886 bits per heavy atom. The van der Waals surface area contributed by atoms with Crippen LogP contribution in [0.25, 0.3) is 0 Å². The van der Waals surface area contributed by atoms with Gasteiger partial charge in [0.05, 0.1) is 6.04 Å². The molecular weight excluding hydrogens is 578 g/mol. The van der Waals surface area contributed by atoms with E-state index in [-0.39, 0.29) is 24.2 Å². The Hall–Kier alpha value is -3.69. The second-order valence-corrected chi connectivity index (χ2v) is 12.2. The fraction of sp³-hybridized carbons (Fsp3) is 0.471. The first-order chi connectivity index (χ1) is 21.2. The Bertz CT molecular complexity index is 1330. The van der Waals surface area contributed by atoms with Gasteiger partial charge in [-0.05, 0) is 69.3 Å². The first-order valence-electron chi connectivity index (χ1n) is 15.5. The second kappa shape index (κ2) is 15.9. The summed E-state index contributed by atoms with van der Waals surface area (Å²) >= 11 is 6.24. The molecule has 10 heteroatoms. The largest absolute Gasteiger partial charge is 0.343 e. The minimum absolute atomic E-state index is 0.00994. The highest BCUT2D eigenvalue weighted by atomic mass is 35.5. The van der Waals surface area contributed by atoms with Crippen molar-refractivity contribution in [1.29, 1.82) is 0 Å². The van der Waals surface area contributed by atoms with Gasteiger partial charge in [0.1, 0.15) is 18.1 Å². The third-order valence-corrected chi connectivity index (χ3v) is 8.86. The Labute approximate surface area is 265 Å². The van der Waals surface area contributed by atoms with E-state index in [0.717, 1.165) is 43.2 Å². The third-order valence-electron chi connectivity index (χ3n) is 8.62. The molecule has 1 aliphatic heterocycles. The van der Waals surface area contributed by atoms with Crippen molar-refractivity contribution in [3.63, 3.8) is 0 Å². The van der Waals surface area contributed by atoms with Crippen molar-refractivity contribution in [3.8, 4) is 0 Å². The minimum Gasteiger partial charge on any atom is -0.343 e. The van der Waals surface area contributed by atoms with E-state index >= 15 is 0 Å². The number of hydrogen-bond acceptors (Lipinski definition) is 5. The summed E-state index contributed by atoms with van der Waals surface area (Å²) in [5.41, 5.74) is 1.93. The van der Waals surface area contributed by atoms with Gasteiger partial charge in [-0.2, -0.15) is 0 Å². The van der Waals surface area contributed by atoms with Crippen molar-refractivity contribution >= 4 is 35.2 Å². The van der Waals surface area contributed by atoms with Crippen LogP contribution in [0.2, 0.25) is 5.02 Å². The normalized spacial score (nSPS) is 19.3. The smallest absolute Gasteiger partial charge is 0.250 e. The van der Waals surface area contributed by atoms with E-state index in [1.165, 1.54) is 4.90 Å².